The minimum atomic E-state index is -0.573. The molecule has 0 spiro atoms. The maximum Gasteiger partial charge on any atom is 0.248 e. The van der Waals surface area contributed by atoms with E-state index in [1.807, 2.05) is 0 Å². The van der Waals surface area contributed by atoms with Crippen molar-refractivity contribution >= 4 is 23.3 Å². The second-order valence-electron chi connectivity index (χ2n) is 4.49. The molecule has 0 heterocycles. The molecule has 108 valence electrons. The molecule has 0 unspecified atom stereocenters. The van der Waals surface area contributed by atoms with Gasteiger partial charge in [-0.05, 0) is 48.0 Å². The van der Waals surface area contributed by atoms with Gasteiger partial charge in [-0.25, -0.2) is 0 Å². The van der Waals surface area contributed by atoms with E-state index in [4.69, 9.17) is 22.1 Å². The smallest absolute Gasteiger partial charge is 0.248 e. The second kappa shape index (κ2) is 6.41. The molecule has 0 aromatic heterocycles. The zero-order chi connectivity index (χ0) is 15.4. The molecular weight excluding hydrogens is 290 g/mol. The third kappa shape index (κ3) is 3.61. The molecule has 0 bridgehead atoms. The first-order valence-electron chi connectivity index (χ1n) is 6.26. The van der Waals surface area contributed by atoms with Gasteiger partial charge in [0.15, 0.2) is 5.78 Å². The van der Waals surface area contributed by atoms with E-state index in [9.17, 15) is 9.59 Å². The summed E-state index contributed by atoms with van der Waals surface area (Å²) in [5.41, 5.74) is 6.72. The first-order chi connectivity index (χ1) is 10.0. The molecular formula is C16H14ClNO3. The minimum Gasteiger partial charge on any atom is -0.497 e. The van der Waals surface area contributed by atoms with E-state index >= 15 is 0 Å². The van der Waals surface area contributed by atoms with Crippen molar-refractivity contribution in [3.05, 3.63) is 64.2 Å². The number of carbonyl (C=O) groups excluding carboxylic acids is 2. The SMILES string of the molecule is COc1ccc(C(N)=O)c(CC(=O)c2ccc(Cl)cc2)c1. The Labute approximate surface area is 127 Å². The average molecular weight is 304 g/mol. The zero-order valence-electron chi connectivity index (χ0n) is 11.4. The first kappa shape index (κ1) is 15.1. The Morgan fingerprint density at radius 2 is 1.81 bits per heavy atom. The summed E-state index contributed by atoms with van der Waals surface area (Å²) >= 11 is 5.79. The van der Waals surface area contributed by atoms with Crippen molar-refractivity contribution in [3.8, 4) is 5.75 Å². The van der Waals surface area contributed by atoms with E-state index in [1.54, 1.807) is 42.5 Å². The molecule has 2 aromatic rings. The van der Waals surface area contributed by atoms with E-state index in [2.05, 4.69) is 0 Å². The summed E-state index contributed by atoms with van der Waals surface area (Å²) in [6, 6.07) is 11.4. The van der Waals surface area contributed by atoms with Crippen LogP contribution in [0.5, 0.6) is 5.75 Å². The first-order valence-corrected chi connectivity index (χ1v) is 6.64. The summed E-state index contributed by atoms with van der Waals surface area (Å²) in [5.74, 6) is -0.127. The number of methoxy groups -OCH3 is 1. The highest BCUT2D eigenvalue weighted by Crippen LogP contribution is 2.20. The topological polar surface area (TPSA) is 69.4 Å². The summed E-state index contributed by atoms with van der Waals surface area (Å²) in [5, 5.41) is 0.561. The number of carbonyl (C=O) groups is 2. The highest BCUT2D eigenvalue weighted by atomic mass is 35.5. The molecule has 0 fully saturated rings. The second-order valence-corrected chi connectivity index (χ2v) is 4.93. The molecule has 5 heteroatoms. The number of benzene rings is 2. The molecule has 2 rings (SSSR count). The van der Waals surface area contributed by atoms with Crippen LogP contribution >= 0.6 is 11.6 Å². The van der Waals surface area contributed by atoms with Crippen LogP contribution in [0.25, 0.3) is 0 Å². The molecule has 0 saturated heterocycles. The van der Waals surface area contributed by atoms with Crippen LogP contribution in [0.2, 0.25) is 5.02 Å². The van der Waals surface area contributed by atoms with Gasteiger partial charge in [0, 0.05) is 22.6 Å². The summed E-state index contributed by atoms with van der Waals surface area (Å²) in [6.07, 6.45) is 0.0666. The maximum atomic E-state index is 12.3. The van der Waals surface area contributed by atoms with Crippen LogP contribution in [-0.2, 0) is 6.42 Å². The molecule has 0 saturated carbocycles. The van der Waals surface area contributed by atoms with Crippen molar-refractivity contribution in [3.63, 3.8) is 0 Å². The molecule has 0 aliphatic heterocycles. The van der Waals surface area contributed by atoms with Gasteiger partial charge in [0.25, 0.3) is 0 Å². The van der Waals surface area contributed by atoms with Crippen molar-refractivity contribution in [1.29, 1.82) is 0 Å². The molecule has 1 amide bonds. The summed E-state index contributed by atoms with van der Waals surface area (Å²) in [4.78, 5) is 23.7. The number of rotatable bonds is 5. The van der Waals surface area contributed by atoms with E-state index < -0.39 is 5.91 Å². The van der Waals surface area contributed by atoms with E-state index in [0.29, 0.717) is 27.5 Å². The fraction of sp³-hybridized carbons (Fsp3) is 0.125. The number of ether oxygens (including phenoxy) is 1. The van der Waals surface area contributed by atoms with Gasteiger partial charge in [0.2, 0.25) is 5.91 Å². The van der Waals surface area contributed by atoms with Crippen LogP contribution in [0.3, 0.4) is 0 Å². The number of amides is 1. The van der Waals surface area contributed by atoms with Gasteiger partial charge in [-0.2, -0.15) is 0 Å². The maximum absolute atomic E-state index is 12.3. The number of nitrogens with two attached hydrogens (primary N) is 1. The Hall–Kier alpha value is -2.33. The molecule has 0 radical (unpaired) electrons. The van der Waals surface area contributed by atoms with Crippen LogP contribution in [0.4, 0.5) is 0 Å². The molecule has 2 aromatic carbocycles. The fourth-order valence-corrected chi connectivity index (χ4v) is 2.12. The largest absolute Gasteiger partial charge is 0.497 e. The van der Waals surface area contributed by atoms with Gasteiger partial charge in [-0.3, -0.25) is 9.59 Å². The highest BCUT2D eigenvalue weighted by molar-refractivity contribution is 6.30. The predicted octanol–water partition coefficient (Wildman–Crippen LogP) is 2.87. The van der Waals surface area contributed by atoms with Crippen LogP contribution in [0.15, 0.2) is 42.5 Å². The lowest BCUT2D eigenvalue weighted by Crippen LogP contribution is -2.16. The van der Waals surface area contributed by atoms with Gasteiger partial charge < -0.3 is 10.5 Å². The number of halogens is 1. The number of Topliss-reactive ketones (excluding diaryl/α,β-unsaturated/α-hetero) is 1. The molecule has 0 atom stereocenters. The van der Waals surface area contributed by atoms with Gasteiger partial charge in [-0.15, -0.1) is 0 Å². The van der Waals surface area contributed by atoms with Crippen molar-refractivity contribution < 1.29 is 14.3 Å². The standard InChI is InChI=1S/C16H14ClNO3/c1-21-13-6-7-14(16(18)20)11(8-13)9-15(19)10-2-4-12(17)5-3-10/h2-8H,9H2,1H3,(H2,18,20). The van der Waals surface area contributed by atoms with Crippen LogP contribution in [0.1, 0.15) is 26.3 Å². The highest BCUT2D eigenvalue weighted by Gasteiger charge is 2.14. The molecule has 0 aliphatic rings. The van der Waals surface area contributed by atoms with Gasteiger partial charge >= 0.3 is 0 Å². The summed E-state index contributed by atoms with van der Waals surface area (Å²) < 4.78 is 5.11. The Balaban J connectivity index is 2.31. The predicted molar refractivity (Wildman–Crippen MR) is 81.0 cm³/mol. The van der Waals surface area contributed by atoms with E-state index in [0.717, 1.165) is 0 Å². The van der Waals surface area contributed by atoms with Gasteiger partial charge in [0.1, 0.15) is 5.75 Å². The van der Waals surface area contributed by atoms with Crippen molar-refractivity contribution in [2.24, 2.45) is 5.73 Å². The molecule has 0 aliphatic carbocycles. The number of hydrogen-bond donors (Lipinski definition) is 1. The Morgan fingerprint density at radius 3 is 2.38 bits per heavy atom. The molecule has 2 N–H and O–H groups in total. The van der Waals surface area contributed by atoms with Gasteiger partial charge in [0.05, 0.1) is 7.11 Å². The third-order valence-electron chi connectivity index (χ3n) is 3.10. The Bertz CT molecular complexity index is 680. The van der Waals surface area contributed by atoms with Crippen molar-refractivity contribution in [2.75, 3.05) is 7.11 Å². The van der Waals surface area contributed by atoms with Gasteiger partial charge in [-0.1, -0.05) is 11.6 Å². The molecule has 21 heavy (non-hydrogen) atoms. The normalized spacial score (nSPS) is 10.2. The minimum absolute atomic E-state index is 0.0666. The van der Waals surface area contributed by atoms with Crippen LogP contribution in [0, 0.1) is 0 Å². The summed E-state index contributed by atoms with van der Waals surface area (Å²) in [7, 11) is 1.52. The van der Waals surface area contributed by atoms with Crippen LogP contribution in [-0.4, -0.2) is 18.8 Å². The average Bonchev–Trinajstić information content (AvgIpc) is 2.47. The number of primary amides is 1. The number of ketones is 1. The number of hydrogen-bond acceptors (Lipinski definition) is 3. The van der Waals surface area contributed by atoms with Crippen molar-refractivity contribution in [1.82, 2.24) is 0 Å². The van der Waals surface area contributed by atoms with E-state index in [1.165, 1.54) is 7.11 Å². The Kier molecular flexibility index (Phi) is 4.60. The lowest BCUT2D eigenvalue weighted by molar-refractivity contribution is 0.0991. The Morgan fingerprint density at radius 1 is 1.14 bits per heavy atom. The lowest BCUT2D eigenvalue weighted by Gasteiger charge is -2.09. The lowest BCUT2D eigenvalue weighted by atomic mass is 9.98. The quantitative estimate of drug-likeness (QED) is 0.863. The molecule has 4 nitrogen and oxygen atoms in total. The van der Waals surface area contributed by atoms with Crippen molar-refractivity contribution in [2.45, 2.75) is 6.42 Å². The third-order valence-corrected chi connectivity index (χ3v) is 3.35. The van der Waals surface area contributed by atoms with Crippen LogP contribution < -0.4 is 10.5 Å². The zero-order valence-corrected chi connectivity index (χ0v) is 12.2. The summed E-state index contributed by atoms with van der Waals surface area (Å²) in [6.45, 7) is 0. The fourth-order valence-electron chi connectivity index (χ4n) is 1.99. The van der Waals surface area contributed by atoms with E-state index in [-0.39, 0.29) is 12.2 Å². The monoisotopic (exact) mass is 303 g/mol.